The Balaban J connectivity index is 2.58. The number of sulfone groups is 1. The van der Waals surface area contributed by atoms with Gasteiger partial charge >= 0.3 is 0 Å². The van der Waals surface area contributed by atoms with Crippen LogP contribution in [0.15, 0.2) is 0 Å². The van der Waals surface area contributed by atoms with Crippen LogP contribution >= 0.6 is 0 Å². The fraction of sp³-hybridized carbons (Fsp3) is 1.00. The maximum atomic E-state index is 11.2. The number of nitrogens with zero attached hydrogens (tertiary/aromatic N) is 1. The Kier molecular flexibility index (Phi) is 4.98. The maximum Gasteiger partial charge on any atom is 0.148 e. The van der Waals surface area contributed by atoms with Gasteiger partial charge in [-0.25, -0.2) is 8.42 Å². The Morgan fingerprint density at radius 1 is 1.29 bits per heavy atom. The number of nitrogens with two attached hydrogens (primary N) is 1. The number of likely N-dealkylation sites (N-methyl/N-ethyl adjacent to an activating group) is 1. The van der Waals surface area contributed by atoms with Crippen molar-refractivity contribution in [3.63, 3.8) is 0 Å². The second-order valence-corrected chi connectivity index (χ2v) is 8.08. The van der Waals surface area contributed by atoms with E-state index in [0.717, 1.165) is 6.42 Å². The Morgan fingerprint density at radius 3 is 2.35 bits per heavy atom. The zero-order chi connectivity index (χ0) is 13.2. The smallest absolute Gasteiger partial charge is 0.148 e. The summed E-state index contributed by atoms with van der Waals surface area (Å²) >= 11 is 0. The van der Waals surface area contributed by atoms with Gasteiger partial charge in [0, 0.05) is 24.9 Å². The van der Waals surface area contributed by atoms with Gasteiger partial charge in [-0.15, -0.1) is 0 Å². The topological polar surface area (TPSA) is 63.4 Å². The van der Waals surface area contributed by atoms with Gasteiger partial charge in [0.15, 0.2) is 0 Å². The van der Waals surface area contributed by atoms with Crippen LogP contribution in [-0.2, 0) is 9.84 Å². The average Bonchev–Trinajstić information content (AvgIpc) is 2.11. The van der Waals surface area contributed by atoms with Crippen LogP contribution in [0, 0.1) is 11.8 Å². The Morgan fingerprint density at radius 2 is 1.88 bits per heavy atom. The predicted molar refractivity (Wildman–Crippen MR) is 71.7 cm³/mol. The van der Waals surface area contributed by atoms with Crippen LogP contribution in [0.1, 0.15) is 26.7 Å². The Bertz CT molecular complexity index is 330. The molecule has 1 rings (SSSR count). The van der Waals surface area contributed by atoms with Crippen LogP contribution in [-0.4, -0.2) is 51.0 Å². The summed E-state index contributed by atoms with van der Waals surface area (Å²) in [7, 11) is -0.898. The highest BCUT2D eigenvalue weighted by Gasteiger charge is 2.34. The Hall–Kier alpha value is -0.130. The molecule has 0 aromatic heterocycles. The lowest BCUT2D eigenvalue weighted by molar-refractivity contribution is 0.101. The molecule has 0 saturated heterocycles. The molecule has 0 radical (unpaired) electrons. The van der Waals surface area contributed by atoms with Gasteiger partial charge in [-0.1, -0.05) is 13.8 Å². The minimum absolute atomic E-state index is 0.165. The fourth-order valence-electron chi connectivity index (χ4n) is 3.12. The number of rotatable bonds is 4. The van der Waals surface area contributed by atoms with Crippen LogP contribution in [0.5, 0.6) is 0 Å². The summed E-state index contributed by atoms with van der Waals surface area (Å²) in [4.78, 5) is 2.13. The first kappa shape index (κ1) is 14.9. The van der Waals surface area contributed by atoms with Crippen molar-refractivity contribution in [1.82, 2.24) is 4.90 Å². The van der Waals surface area contributed by atoms with E-state index < -0.39 is 9.84 Å². The van der Waals surface area contributed by atoms with Crippen LogP contribution in [0.25, 0.3) is 0 Å². The molecular weight excluding hydrogens is 236 g/mol. The van der Waals surface area contributed by atoms with E-state index >= 15 is 0 Å². The van der Waals surface area contributed by atoms with E-state index in [2.05, 4.69) is 18.7 Å². The van der Waals surface area contributed by atoms with E-state index in [-0.39, 0.29) is 11.8 Å². The lowest BCUT2D eigenvalue weighted by Crippen LogP contribution is -2.54. The van der Waals surface area contributed by atoms with E-state index in [1.54, 1.807) is 0 Å². The first-order valence-electron chi connectivity index (χ1n) is 6.34. The second-order valence-electron chi connectivity index (χ2n) is 5.82. The van der Waals surface area contributed by atoms with Crippen molar-refractivity contribution in [3.05, 3.63) is 0 Å². The number of hydrogen-bond acceptors (Lipinski definition) is 4. The molecule has 0 aliphatic heterocycles. The molecule has 1 saturated carbocycles. The highest BCUT2D eigenvalue weighted by Crippen LogP contribution is 2.30. The van der Waals surface area contributed by atoms with Gasteiger partial charge in [-0.3, -0.25) is 0 Å². The number of hydrogen-bond donors (Lipinski definition) is 1. The van der Waals surface area contributed by atoms with Gasteiger partial charge in [0.2, 0.25) is 0 Å². The monoisotopic (exact) mass is 262 g/mol. The third-order valence-electron chi connectivity index (χ3n) is 3.79. The van der Waals surface area contributed by atoms with Crippen molar-refractivity contribution in [2.24, 2.45) is 17.6 Å². The highest BCUT2D eigenvalue weighted by atomic mass is 32.2. The first-order valence-corrected chi connectivity index (χ1v) is 8.40. The van der Waals surface area contributed by atoms with Gasteiger partial charge in [-0.2, -0.15) is 0 Å². The van der Waals surface area contributed by atoms with Crippen molar-refractivity contribution in [3.8, 4) is 0 Å². The molecule has 4 unspecified atom stereocenters. The summed E-state index contributed by atoms with van der Waals surface area (Å²) in [6, 6.07) is 0.478. The molecule has 1 fully saturated rings. The molecule has 0 spiro atoms. The third kappa shape index (κ3) is 4.56. The molecule has 2 N–H and O–H groups in total. The summed E-state index contributed by atoms with van der Waals surface area (Å²) < 4.78 is 22.4. The molecule has 0 bridgehead atoms. The molecule has 17 heavy (non-hydrogen) atoms. The minimum atomic E-state index is -2.89. The van der Waals surface area contributed by atoms with Crippen molar-refractivity contribution in [2.75, 3.05) is 25.6 Å². The summed E-state index contributed by atoms with van der Waals surface area (Å²) in [6.07, 6.45) is 3.51. The molecule has 5 heteroatoms. The van der Waals surface area contributed by atoms with Gasteiger partial charge in [-0.05, 0) is 31.7 Å². The normalized spacial score (nSPS) is 35.2. The highest BCUT2D eigenvalue weighted by molar-refractivity contribution is 7.90. The molecule has 0 aromatic carbocycles. The van der Waals surface area contributed by atoms with Crippen molar-refractivity contribution in [1.29, 1.82) is 0 Å². The standard InChI is InChI=1S/C12H26N2O2S/c1-9-7-10(2)12(11(13)8-9)14(3)5-6-17(4,15)16/h9-12H,5-8,13H2,1-4H3. The van der Waals surface area contributed by atoms with Crippen molar-refractivity contribution >= 4 is 9.84 Å². The average molecular weight is 262 g/mol. The molecule has 1 aliphatic carbocycles. The molecule has 0 aromatic rings. The Labute approximate surface area is 105 Å². The SMILES string of the molecule is CC1CC(C)C(N(C)CCS(C)(=O)=O)C(N)C1. The van der Waals surface area contributed by atoms with Gasteiger partial charge in [0.25, 0.3) is 0 Å². The van der Waals surface area contributed by atoms with E-state index in [0.29, 0.717) is 24.4 Å². The van der Waals surface area contributed by atoms with E-state index in [4.69, 9.17) is 5.73 Å². The van der Waals surface area contributed by atoms with Crippen LogP contribution in [0.3, 0.4) is 0 Å². The van der Waals surface area contributed by atoms with E-state index in [1.165, 1.54) is 12.7 Å². The molecule has 1 aliphatic rings. The summed E-state index contributed by atoms with van der Waals surface area (Å²) in [6.45, 7) is 5.04. The van der Waals surface area contributed by atoms with Crippen LogP contribution in [0.4, 0.5) is 0 Å². The third-order valence-corrected chi connectivity index (χ3v) is 4.72. The van der Waals surface area contributed by atoms with Gasteiger partial charge < -0.3 is 10.6 Å². The molecule has 0 heterocycles. The van der Waals surface area contributed by atoms with Crippen molar-refractivity contribution in [2.45, 2.75) is 38.8 Å². The van der Waals surface area contributed by atoms with Gasteiger partial charge in [0.05, 0.1) is 5.75 Å². The van der Waals surface area contributed by atoms with E-state index in [1.807, 2.05) is 7.05 Å². The summed E-state index contributed by atoms with van der Waals surface area (Å²) in [5.74, 6) is 1.44. The van der Waals surface area contributed by atoms with Crippen LogP contribution < -0.4 is 5.73 Å². The van der Waals surface area contributed by atoms with Gasteiger partial charge in [0.1, 0.15) is 9.84 Å². The largest absolute Gasteiger partial charge is 0.326 e. The molecular formula is C12H26N2O2S. The van der Waals surface area contributed by atoms with Crippen LogP contribution in [0.2, 0.25) is 0 Å². The predicted octanol–water partition coefficient (Wildman–Crippen LogP) is 0.725. The lowest BCUT2D eigenvalue weighted by atomic mass is 9.76. The molecule has 4 atom stereocenters. The molecule has 0 amide bonds. The zero-order valence-electron chi connectivity index (χ0n) is 11.4. The quantitative estimate of drug-likeness (QED) is 0.811. The first-order chi connectivity index (χ1) is 7.70. The van der Waals surface area contributed by atoms with E-state index in [9.17, 15) is 8.42 Å². The lowest BCUT2D eigenvalue weighted by Gasteiger charge is -2.42. The minimum Gasteiger partial charge on any atom is -0.326 e. The maximum absolute atomic E-state index is 11.2. The molecule has 102 valence electrons. The molecule has 4 nitrogen and oxygen atoms in total. The summed E-state index contributed by atoms with van der Waals surface area (Å²) in [5.41, 5.74) is 6.21. The summed E-state index contributed by atoms with van der Waals surface area (Å²) in [5, 5.41) is 0. The van der Waals surface area contributed by atoms with Crippen molar-refractivity contribution < 1.29 is 8.42 Å². The fourth-order valence-corrected chi connectivity index (χ4v) is 3.74. The second kappa shape index (κ2) is 5.67. The zero-order valence-corrected chi connectivity index (χ0v) is 12.2.